The van der Waals surface area contributed by atoms with Crippen LogP contribution in [0.25, 0.3) is 0 Å². The van der Waals surface area contributed by atoms with Crippen molar-refractivity contribution in [3.8, 4) is 0 Å². The van der Waals surface area contributed by atoms with E-state index in [-0.39, 0.29) is 0 Å². The molecule has 10 heavy (non-hydrogen) atoms. The van der Waals surface area contributed by atoms with E-state index in [4.69, 9.17) is 10.2 Å². The van der Waals surface area contributed by atoms with Crippen molar-refractivity contribution in [3.63, 3.8) is 0 Å². The SMILES string of the molecule is OC=C1CCC(=CO)CC1. The maximum atomic E-state index is 8.61. The van der Waals surface area contributed by atoms with Gasteiger partial charge in [0.25, 0.3) is 0 Å². The summed E-state index contributed by atoms with van der Waals surface area (Å²) < 4.78 is 0. The highest BCUT2D eigenvalue weighted by molar-refractivity contribution is 5.12. The molecule has 0 bridgehead atoms. The minimum Gasteiger partial charge on any atom is -0.516 e. The fourth-order valence-electron chi connectivity index (χ4n) is 1.15. The summed E-state index contributed by atoms with van der Waals surface area (Å²) in [5.41, 5.74) is 2.18. The highest BCUT2D eigenvalue weighted by atomic mass is 16.2. The van der Waals surface area contributed by atoms with Crippen LogP contribution < -0.4 is 0 Å². The van der Waals surface area contributed by atoms with Crippen molar-refractivity contribution in [2.24, 2.45) is 0 Å². The summed E-state index contributed by atoms with van der Waals surface area (Å²) in [7, 11) is 0. The Kier molecular flexibility index (Phi) is 2.37. The van der Waals surface area contributed by atoms with Crippen LogP contribution >= 0.6 is 0 Å². The molecule has 0 saturated heterocycles. The van der Waals surface area contributed by atoms with Gasteiger partial charge in [-0.2, -0.15) is 0 Å². The minimum absolute atomic E-state index is 0.892. The average Bonchev–Trinajstić information content (AvgIpc) is 2.05. The van der Waals surface area contributed by atoms with E-state index >= 15 is 0 Å². The molecule has 1 saturated carbocycles. The van der Waals surface area contributed by atoms with Gasteiger partial charge in [-0.15, -0.1) is 0 Å². The third kappa shape index (κ3) is 1.53. The summed E-state index contributed by atoms with van der Waals surface area (Å²) in [5.74, 6) is 0. The zero-order chi connectivity index (χ0) is 7.40. The van der Waals surface area contributed by atoms with Crippen LogP contribution in [0.3, 0.4) is 0 Å². The van der Waals surface area contributed by atoms with Gasteiger partial charge in [-0.25, -0.2) is 0 Å². The van der Waals surface area contributed by atoms with Crippen molar-refractivity contribution in [1.29, 1.82) is 0 Å². The number of aliphatic hydroxyl groups is 2. The molecule has 0 spiro atoms. The van der Waals surface area contributed by atoms with Gasteiger partial charge in [-0.1, -0.05) is 0 Å². The Hall–Kier alpha value is -0.920. The molecule has 0 aromatic heterocycles. The predicted molar refractivity (Wildman–Crippen MR) is 39.9 cm³/mol. The van der Waals surface area contributed by atoms with Crippen molar-refractivity contribution in [3.05, 3.63) is 23.7 Å². The van der Waals surface area contributed by atoms with E-state index in [0.717, 1.165) is 36.8 Å². The number of hydrogen-bond acceptors (Lipinski definition) is 2. The second-order valence-electron chi connectivity index (χ2n) is 2.57. The number of allylic oxidation sites excluding steroid dienone is 2. The van der Waals surface area contributed by atoms with Gasteiger partial charge in [0.1, 0.15) is 0 Å². The fourth-order valence-corrected chi connectivity index (χ4v) is 1.15. The van der Waals surface area contributed by atoms with Crippen LogP contribution in [0.15, 0.2) is 23.7 Å². The smallest absolute Gasteiger partial charge is 0.0783 e. The van der Waals surface area contributed by atoms with Crippen LogP contribution in [0.5, 0.6) is 0 Å². The molecule has 1 fully saturated rings. The van der Waals surface area contributed by atoms with Gasteiger partial charge in [0.2, 0.25) is 0 Å². The first-order chi connectivity index (χ1) is 4.86. The Morgan fingerprint density at radius 1 is 0.800 bits per heavy atom. The van der Waals surface area contributed by atoms with Gasteiger partial charge < -0.3 is 10.2 Å². The van der Waals surface area contributed by atoms with Crippen molar-refractivity contribution >= 4 is 0 Å². The highest BCUT2D eigenvalue weighted by Gasteiger charge is 2.09. The molecule has 0 aromatic rings. The third-order valence-electron chi connectivity index (χ3n) is 1.90. The van der Waals surface area contributed by atoms with Crippen LogP contribution in [0, 0.1) is 0 Å². The Bertz CT molecular complexity index is 136. The molecule has 0 heterocycles. The van der Waals surface area contributed by atoms with E-state index in [1.165, 1.54) is 12.5 Å². The lowest BCUT2D eigenvalue weighted by Gasteiger charge is -2.14. The molecular weight excluding hydrogens is 128 g/mol. The maximum Gasteiger partial charge on any atom is 0.0783 e. The molecule has 1 rings (SSSR count). The van der Waals surface area contributed by atoms with Gasteiger partial charge >= 0.3 is 0 Å². The van der Waals surface area contributed by atoms with Gasteiger partial charge in [-0.3, -0.25) is 0 Å². The molecule has 0 aliphatic heterocycles. The predicted octanol–water partition coefficient (Wildman–Crippen LogP) is 2.44. The molecule has 2 heteroatoms. The second kappa shape index (κ2) is 3.30. The zero-order valence-electron chi connectivity index (χ0n) is 5.88. The van der Waals surface area contributed by atoms with Crippen LogP contribution in [-0.2, 0) is 0 Å². The van der Waals surface area contributed by atoms with Crippen LogP contribution in [0.4, 0.5) is 0 Å². The van der Waals surface area contributed by atoms with Crippen LogP contribution in [0.2, 0.25) is 0 Å². The van der Waals surface area contributed by atoms with E-state index in [1.54, 1.807) is 0 Å². The Morgan fingerprint density at radius 2 is 1.10 bits per heavy atom. The number of aliphatic hydroxyl groups excluding tert-OH is 2. The summed E-state index contributed by atoms with van der Waals surface area (Å²) in [6.07, 6.45) is 5.94. The van der Waals surface area contributed by atoms with E-state index in [2.05, 4.69) is 0 Å². The summed E-state index contributed by atoms with van der Waals surface area (Å²) in [6, 6.07) is 0. The molecule has 1 aliphatic rings. The molecular formula is C8H12O2. The molecule has 56 valence electrons. The second-order valence-corrected chi connectivity index (χ2v) is 2.57. The Balaban J connectivity index is 2.46. The first-order valence-electron chi connectivity index (χ1n) is 3.51. The number of rotatable bonds is 0. The summed E-state index contributed by atoms with van der Waals surface area (Å²) in [5, 5.41) is 17.2. The summed E-state index contributed by atoms with van der Waals surface area (Å²) in [4.78, 5) is 0. The van der Waals surface area contributed by atoms with Gasteiger partial charge in [-0.05, 0) is 36.8 Å². The standard InChI is InChI=1S/C8H12O2/c9-5-7-1-2-8(6-10)4-3-7/h5-6,9-10H,1-4H2. The maximum absolute atomic E-state index is 8.61. The third-order valence-corrected chi connectivity index (χ3v) is 1.90. The normalized spacial score (nSPS) is 18.8. The lowest BCUT2D eigenvalue weighted by Crippen LogP contribution is -1.97. The minimum atomic E-state index is 0.892. The average molecular weight is 140 g/mol. The van der Waals surface area contributed by atoms with Gasteiger partial charge in [0.15, 0.2) is 0 Å². The lowest BCUT2D eigenvalue weighted by atomic mass is 9.92. The molecule has 0 amide bonds. The molecule has 0 radical (unpaired) electrons. The van der Waals surface area contributed by atoms with Crippen molar-refractivity contribution in [2.75, 3.05) is 0 Å². The largest absolute Gasteiger partial charge is 0.516 e. The fraction of sp³-hybridized carbons (Fsp3) is 0.500. The first kappa shape index (κ1) is 7.19. The zero-order valence-corrected chi connectivity index (χ0v) is 5.88. The van der Waals surface area contributed by atoms with Crippen molar-refractivity contribution in [1.82, 2.24) is 0 Å². The quantitative estimate of drug-likeness (QED) is 0.507. The highest BCUT2D eigenvalue weighted by Crippen LogP contribution is 2.26. The Labute approximate surface area is 60.5 Å². The first-order valence-corrected chi connectivity index (χ1v) is 3.51. The molecule has 0 atom stereocenters. The van der Waals surface area contributed by atoms with Crippen molar-refractivity contribution in [2.45, 2.75) is 25.7 Å². The molecule has 1 aliphatic carbocycles. The molecule has 0 unspecified atom stereocenters. The lowest BCUT2D eigenvalue weighted by molar-refractivity contribution is 0.445. The molecule has 2 nitrogen and oxygen atoms in total. The van der Waals surface area contributed by atoms with E-state index < -0.39 is 0 Å². The van der Waals surface area contributed by atoms with E-state index in [1.807, 2.05) is 0 Å². The van der Waals surface area contributed by atoms with Crippen LogP contribution in [-0.4, -0.2) is 10.2 Å². The Morgan fingerprint density at radius 3 is 1.30 bits per heavy atom. The van der Waals surface area contributed by atoms with Crippen LogP contribution in [0.1, 0.15) is 25.7 Å². The van der Waals surface area contributed by atoms with E-state index in [9.17, 15) is 0 Å². The monoisotopic (exact) mass is 140 g/mol. The number of hydrogen-bond donors (Lipinski definition) is 2. The van der Waals surface area contributed by atoms with E-state index in [0.29, 0.717) is 0 Å². The summed E-state index contributed by atoms with van der Waals surface area (Å²) in [6.45, 7) is 0. The topological polar surface area (TPSA) is 40.5 Å². The van der Waals surface area contributed by atoms with Crippen molar-refractivity contribution < 1.29 is 10.2 Å². The molecule has 2 N–H and O–H groups in total. The summed E-state index contributed by atoms with van der Waals surface area (Å²) >= 11 is 0. The molecule has 0 aromatic carbocycles. The van der Waals surface area contributed by atoms with Gasteiger partial charge in [0, 0.05) is 0 Å². The van der Waals surface area contributed by atoms with Gasteiger partial charge in [0.05, 0.1) is 12.5 Å².